The fraction of sp³-hybridized carbons (Fsp3) is 1.00. The monoisotopic (exact) mass is 316 g/mol. The van der Waals surface area contributed by atoms with Gasteiger partial charge in [0.25, 0.3) is 5.92 Å². The van der Waals surface area contributed by atoms with E-state index < -0.39 is 12.0 Å². The van der Waals surface area contributed by atoms with Crippen LogP contribution in [0, 0.1) is 17.8 Å². The highest BCUT2D eigenvalue weighted by molar-refractivity contribution is 4.94. The maximum atomic E-state index is 14.6. The summed E-state index contributed by atoms with van der Waals surface area (Å²) in [4.78, 5) is 4.05. The average molecular weight is 316 g/mol. The van der Waals surface area contributed by atoms with E-state index in [0.29, 0.717) is 18.3 Å². The van der Waals surface area contributed by atoms with Crippen LogP contribution in [0.5, 0.6) is 0 Å². The highest BCUT2D eigenvalue weighted by Gasteiger charge is 2.47. The van der Waals surface area contributed by atoms with Crippen LogP contribution in [0.3, 0.4) is 0 Å². The van der Waals surface area contributed by atoms with Gasteiger partial charge in [-0.25, -0.2) is 8.78 Å². The number of piperidine rings is 2. The number of rotatable bonds is 5. The summed E-state index contributed by atoms with van der Waals surface area (Å²) in [5, 5.41) is 0. The third-order valence-electron chi connectivity index (χ3n) is 5.62. The first-order chi connectivity index (χ1) is 10.3. The van der Waals surface area contributed by atoms with Gasteiger partial charge in [-0.3, -0.25) is 9.80 Å². The molecule has 0 saturated carbocycles. The average Bonchev–Trinajstić information content (AvgIpc) is 2.44. The van der Waals surface area contributed by atoms with Crippen molar-refractivity contribution >= 4 is 0 Å². The topological polar surface area (TPSA) is 6.48 Å². The maximum Gasteiger partial charge on any atom is 0.275 e. The zero-order chi connectivity index (χ0) is 16.3. The Morgan fingerprint density at radius 2 is 1.64 bits per heavy atom. The number of alkyl halides is 2. The SMILES string of the molecule is CC(C)CCN1CC[C@H](N2CCC(C(C)C)CC2)C(F)(F)C1. The molecule has 2 rings (SSSR count). The Labute approximate surface area is 135 Å². The van der Waals surface area contributed by atoms with Gasteiger partial charge in [0.1, 0.15) is 0 Å². The van der Waals surface area contributed by atoms with Gasteiger partial charge in [-0.15, -0.1) is 0 Å². The van der Waals surface area contributed by atoms with E-state index in [1.807, 2.05) is 4.90 Å². The number of halogens is 2. The minimum atomic E-state index is -2.56. The Kier molecular flexibility index (Phi) is 6.23. The number of nitrogens with zero attached hydrogens (tertiary/aromatic N) is 2. The Morgan fingerprint density at radius 1 is 1.00 bits per heavy atom. The Bertz CT molecular complexity index is 336. The van der Waals surface area contributed by atoms with E-state index in [-0.39, 0.29) is 6.54 Å². The van der Waals surface area contributed by atoms with Crippen molar-refractivity contribution in [3.8, 4) is 0 Å². The summed E-state index contributed by atoms with van der Waals surface area (Å²) in [5.41, 5.74) is 0. The van der Waals surface area contributed by atoms with Crippen molar-refractivity contribution < 1.29 is 8.78 Å². The van der Waals surface area contributed by atoms with Gasteiger partial charge in [0, 0.05) is 6.54 Å². The highest BCUT2D eigenvalue weighted by Crippen LogP contribution is 2.35. The summed E-state index contributed by atoms with van der Waals surface area (Å²) in [6, 6.07) is -0.532. The lowest BCUT2D eigenvalue weighted by molar-refractivity contribution is -0.133. The first kappa shape index (κ1) is 18.1. The summed E-state index contributed by atoms with van der Waals surface area (Å²) < 4.78 is 29.2. The Balaban J connectivity index is 1.86. The van der Waals surface area contributed by atoms with Crippen LogP contribution in [0.1, 0.15) is 53.4 Å². The van der Waals surface area contributed by atoms with Crippen LogP contribution in [0.15, 0.2) is 0 Å². The lowest BCUT2D eigenvalue weighted by atomic mass is 9.85. The number of likely N-dealkylation sites (tertiary alicyclic amines) is 2. The molecule has 0 spiro atoms. The largest absolute Gasteiger partial charge is 0.297 e. The van der Waals surface area contributed by atoms with E-state index in [1.54, 1.807) is 0 Å². The molecule has 22 heavy (non-hydrogen) atoms. The molecule has 2 aliphatic heterocycles. The van der Waals surface area contributed by atoms with Crippen molar-refractivity contribution in [1.29, 1.82) is 0 Å². The van der Waals surface area contributed by atoms with Gasteiger partial charge in [-0.2, -0.15) is 0 Å². The minimum absolute atomic E-state index is 0.0471. The van der Waals surface area contributed by atoms with Crippen molar-refractivity contribution in [1.82, 2.24) is 9.80 Å². The van der Waals surface area contributed by atoms with Crippen LogP contribution in [0.4, 0.5) is 8.78 Å². The van der Waals surface area contributed by atoms with Gasteiger partial charge in [-0.1, -0.05) is 27.7 Å². The fourth-order valence-electron chi connectivity index (χ4n) is 3.98. The zero-order valence-corrected chi connectivity index (χ0v) is 14.8. The molecule has 2 heterocycles. The predicted molar refractivity (Wildman–Crippen MR) is 88.4 cm³/mol. The summed E-state index contributed by atoms with van der Waals surface area (Å²) in [7, 11) is 0. The van der Waals surface area contributed by atoms with Crippen molar-refractivity contribution in [2.45, 2.75) is 65.3 Å². The van der Waals surface area contributed by atoms with Gasteiger partial charge in [0.05, 0.1) is 12.6 Å². The number of hydrogen-bond donors (Lipinski definition) is 0. The molecule has 0 aromatic rings. The molecule has 4 heteroatoms. The van der Waals surface area contributed by atoms with Crippen LogP contribution in [-0.2, 0) is 0 Å². The van der Waals surface area contributed by atoms with Crippen LogP contribution in [-0.4, -0.2) is 54.5 Å². The summed E-state index contributed by atoms with van der Waals surface area (Å²) in [6.45, 7) is 12.1. The molecule has 0 aliphatic carbocycles. The van der Waals surface area contributed by atoms with Crippen molar-refractivity contribution in [3.63, 3.8) is 0 Å². The smallest absolute Gasteiger partial charge is 0.275 e. The van der Waals surface area contributed by atoms with E-state index in [0.717, 1.165) is 51.4 Å². The molecule has 0 bridgehead atoms. The normalized spacial score (nSPS) is 28.6. The third kappa shape index (κ3) is 4.64. The molecule has 0 aromatic carbocycles. The number of hydrogen-bond acceptors (Lipinski definition) is 2. The molecule has 2 fully saturated rings. The second-order valence-corrected chi connectivity index (χ2v) is 8.14. The van der Waals surface area contributed by atoms with Crippen molar-refractivity contribution in [3.05, 3.63) is 0 Å². The zero-order valence-electron chi connectivity index (χ0n) is 14.8. The lowest BCUT2D eigenvalue weighted by Gasteiger charge is -2.46. The van der Waals surface area contributed by atoms with Crippen LogP contribution in [0.2, 0.25) is 0 Å². The van der Waals surface area contributed by atoms with E-state index in [4.69, 9.17) is 0 Å². The highest BCUT2D eigenvalue weighted by atomic mass is 19.3. The third-order valence-corrected chi connectivity index (χ3v) is 5.62. The first-order valence-electron chi connectivity index (χ1n) is 9.14. The minimum Gasteiger partial charge on any atom is -0.297 e. The van der Waals surface area contributed by atoms with Gasteiger partial charge >= 0.3 is 0 Å². The standard InChI is InChI=1S/C18H34F2N2/c1-14(2)5-9-21-10-8-17(18(19,20)13-21)22-11-6-16(7-12-22)15(3)4/h14-17H,5-13H2,1-4H3/t17-/m0/s1. The quantitative estimate of drug-likeness (QED) is 0.753. The molecule has 2 aliphatic rings. The Hall–Kier alpha value is -0.220. The summed E-state index contributed by atoms with van der Waals surface area (Å²) >= 11 is 0. The van der Waals surface area contributed by atoms with E-state index in [1.165, 1.54) is 0 Å². The second-order valence-electron chi connectivity index (χ2n) is 8.14. The first-order valence-corrected chi connectivity index (χ1v) is 9.14. The molecule has 2 nitrogen and oxygen atoms in total. The molecule has 0 amide bonds. The van der Waals surface area contributed by atoms with Crippen LogP contribution >= 0.6 is 0 Å². The van der Waals surface area contributed by atoms with Gasteiger partial charge in [0.15, 0.2) is 0 Å². The van der Waals surface area contributed by atoms with Gasteiger partial charge < -0.3 is 0 Å². The van der Waals surface area contributed by atoms with Crippen LogP contribution < -0.4 is 0 Å². The molecule has 130 valence electrons. The van der Waals surface area contributed by atoms with Gasteiger partial charge in [-0.05, 0) is 63.1 Å². The lowest BCUT2D eigenvalue weighted by Crippen LogP contribution is -2.59. The van der Waals surface area contributed by atoms with E-state index in [2.05, 4.69) is 32.6 Å². The predicted octanol–water partition coefficient (Wildman–Crippen LogP) is 4.11. The second kappa shape index (κ2) is 7.57. The Morgan fingerprint density at radius 3 is 2.14 bits per heavy atom. The maximum absolute atomic E-state index is 14.6. The van der Waals surface area contributed by atoms with E-state index >= 15 is 0 Å². The summed E-state index contributed by atoms with van der Waals surface area (Å²) in [5.74, 6) is -0.571. The summed E-state index contributed by atoms with van der Waals surface area (Å²) in [6.07, 6.45) is 3.81. The molecule has 0 aromatic heterocycles. The molecule has 0 unspecified atom stereocenters. The molecule has 2 saturated heterocycles. The van der Waals surface area contributed by atoms with Crippen LogP contribution in [0.25, 0.3) is 0 Å². The van der Waals surface area contributed by atoms with E-state index in [9.17, 15) is 8.78 Å². The molecule has 0 N–H and O–H groups in total. The van der Waals surface area contributed by atoms with Gasteiger partial charge in [0.2, 0.25) is 0 Å². The fourth-order valence-corrected chi connectivity index (χ4v) is 3.98. The van der Waals surface area contributed by atoms with Crippen molar-refractivity contribution in [2.75, 3.05) is 32.7 Å². The molecule has 0 radical (unpaired) electrons. The molecule has 1 atom stereocenters. The molecular weight excluding hydrogens is 282 g/mol. The van der Waals surface area contributed by atoms with Crippen molar-refractivity contribution in [2.24, 2.45) is 17.8 Å². The molecular formula is C18H34F2N2.